The number of guanidine groups is 1. The summed E-state index contributed by atoms with van der Waals surface area (Å²) in [5.41, 5.74) is 4.11. The molecule has 0 bridgehead atoms. The molecule has 1 atom stereocenters. The van der Waals surface area contributed by atoms with E-state index in [1.165, 1.54) is 43.8 Å². The van der Waals surface area contributed by atoms with Gasteiger partial charge in [0.25, 0.3) is 12.3 Å². The Labute approximate surface area is 169 Å². The summed E-state index contributed by atoms with van der Waals surface area (Å²) in [6.45, 7) is 0. The number of nitrogens with zero attached hydrogens (tertiary/aromatic N) is 5. The van der Waals surface area contributed by atoms with E-state index in [9.17, 15) is 13.6 Å². The van der Waals surface area contributed by atoms with E-state index in [1.807, 2.05) is 0 Å². The number of nitrogens with two attached hydrogens (primary N) is 1. The Morgan fingerprint density at radius 2 is 1.90 bits per heavy atom. The van der Waals surface area contributed by atoms with Gasteiger partial charge in [-0.2, -0.15) is 0 Å². The molecular weight excluding hydrogens is 397 g/mol. The van der Waals surface area contributed by atoms with Crippen molar-refractivity contribution in [1.29, 1.82) is 0 Å². The van der Waals surface area contributed by atoms with Crippen molar-refractivity contribution in [3.05, 3.63) is 77.8 Å². The molecule has 1 amide bonds. The fraction of sp³-hybridized carbons (Fsp3) is 0.150. The molecule has 7 nitrogen and oxygen atoms in total. The number of hydrogen-bond acceptors (Lipinski definition) is 6. The molecule has 0 spiro atoms. The third-order valence-electron chi connectivity index (χ3n) is 4.88. The van der Waals surface area contributed by atoms with Crippen LogP contribution in [0.2, 0.25) is 0 Å². The number of hydrogen-bond donors (Lipinski definition) is 1. The number of rotatable bonds is 4. The predicted molar refractivity (Wildman–Crippen MR) is 102 cm³/mol. The molecule has 30 heavy (non-hydrogen) atoms. The normalized spacial score (nSPS) is 18.8. The summed E-state index contributed by atoms with van der Waals surface area (Å²) >= 11 is 0. The van der Waals surface area contributed by atoms with Gasteiger partial charge in [0, 0.05) is 36.8 Å². The summed E-state index contributed by atoms with van der Waals surface area (Å²) < 4.78 is 41.6. The maximum absolute atomic E-state index is 15.1. The first-order valence-electron chi connectivity index (χ1n) is 8.79. The Morgan fingerprint density at radius 1 is 1.10 bits per heavy atom. The van der Waals surface area contributed by atoms with Crippen LogP contribution in [0.5, 0.6) is 0 Å². The molecule has 3 heterocycles. The topological polar surface area (TPSA) is 97.4 Å². The van der Waals surface area contributed by atoms with Crippen molar-refractivity contribution in [3.63, 3.8) is 0 Å². The van der Waals surface area contributed by atoms with Crippen LogP contribution in [-0.4, -0.2) is 38.8 Å². The van der Waals surface area contributed by atoms with Crippen molar-refractivity contribution in [2.24, 2.45) is 10.7 Å². The average molecular weight is 412 g/mol. The van der Waals surface area contributed by atoms with Gasteiger partial charge in [-0.15, -0.1) is 0 Å². The maximum Gasteiger partial charge on any atom is 0.280 e. The minimum Gasteiger partial charge on any atom is -0.369 e. The van der Waals surface area contributed by atoms with Crippen LogP contribution in [0.15, 0.2) is 60.1 Å². The molecule has 152 valence electrons. The molecule has 0 radical (unpaired) electrons. The predicted octanol–water partition coefficient (Wildman–Crippen LogP) is 2.65. The van der Waals surface area contributed by atoms with E-state index < -0.39 is 29.4 Å². The van der Waals surface area contributed by atoms with Crippen LogP contribution in [0.25, 0.3) is 11.3 Å². The first-order chi connectivity index (χ1) is 14.3. The Bertz CT molecular complexity index is 1150. The number of benzene rings is 1. The standard InChI is InChI=1S/C20H15F3N6O/c1-29-18(30)20(28-19(29)24,12-4-5-26-15(9-12)17(22)23)13-8-11(2-3-14(13)21)16-10-25-6-7-27-16/h2-10,17H,1H3,(H2,24,28). The summed E-state index contributed by atoms with van der Waals surface area (Å²) in [5, 5.41) is 0. The van der Waals surface area contributed by atoms with Gasteiger partial charge in [0.15, 0.2) is 11.5 Å². The number of carbonyl (C=O) groups is 1. The molecule has 1 aliphatic heterocycles. The molecule has 3 aromatic rings. The van der Waals surface area contributed by atoms with Crippen molar-refractivity contribution in [2.75, 3.05) is 7.05 Å². The van der Waals surface area contributed by atoms with Gasteiger partial charge in [0.05, 0.1) is 11.9 Å². The molecule has 1 aliphatic rings. The van der Waals surface area contributed by atoms with Gasteiger partial charge >= 0.3 is 0 Å². The number of likely N-dealkylation sites (N-methyl/N-ethyl adjacent to an activating group) is 1. The van der Waals surface area contributed by atoms with Crippen molar-refractivity contribution in [3.8, 4) is 11.3 Å². The first kappa shape index (κ1) is 19.5. The van der Waals surface area contributed by atoms with Crippen LogP contribution in [-0.2, 0) is 10.3 Å². The minimum absolute atomic E-state index is 0.0281. The van der Waals surface area contributed by atoms with Crippen molar-refractivity contribution in [1.82, 2.24) is 19.9 Å². The Morgan fingerprint density at radius 3 is 2.53 bits per heavy atom. The van der Waals surface area contributed by atoms with Gasteiger partial charge in [0.2, 0.25) is 0 Å². The maximum atomic E-state index is 15.1. The molecule has 1 unspecified atom stereocenters. The zero-order valence-corrected chi connectivity index (χ0v) is 15.6. The van der Waals surface area contributed by atoms with E-state index in [2.05, 4.69) is 19.9 Å². The van der Waals surface area contributed by atoms with Crippen molar-refractivity contribution >= 4 is 11.9 Å². The molecule has 2 N–H and O–H groups in total. The van der Waals surface area contributed by atoms with E-state index in [0.717, 1.165) is 23.2 Å². The molecule has 0 saturated heterocycles. The van der Waals surface area contributed by atoms with E-state index in [-0.39, 0.29) is 17.1 Å². The third kappa shape index (κ3) is 2.97. The van der Waals surface area contributed by atoms with Crippen LogP contribution >= 0.6 is 0 Å². The van der Waals surface area contributed by atoms with Crippen LogP contribution in [0.3, 0.4) is 0 Å². The lowest BCUT2D eigenvalue weighted by Crippen LogP contribution is -2.41. The van der Waals surface area contributed by atoms with Crippen LogP contribution in [0.4, 0.5) is 13.2 Å². The lowest BCUT2D eigenvalue weighted by atomic mass is 9.81. The second-order valence-corrected chi connectivity index (χ2v) is 6.60. The lowest BCUT2D eigenvalue weighted by molar-refractivity contribution is -0.129. The highest BCUT2D eigenvalue weighted by Gasteiger charge is 2.51. The number of amides is 1. The molecule has 0 saturated carbocycles. The second-order valence-electron chi connectivity index (χ2n) is 6.60. The van der Waals surface area contributed by atoms with E-state index in [1.54, 1.807) is 0 Å². The number of halogens is 3. The summed E-state index contributed by atoms with van der Waals surface area (Å²) in [6, 6.07) is 6.41. The van der Waals surface area contributed by atoms with Gasteiger partial charge in [-0.1, -0.05) is 0 Å². The highest BCUT2D eigenvalue weighted by atomic mass is 19.3. The third-order valence-corrected chi connectivity index (χ3v) is 4.88. The van der Waals surface area contributed by atoms with Gasteiger partial charge in [-0.3, -0.25) is 24.6 Å². The Balaban J connectivity index is 2.00. The number of pyridine rings is 1. The molecule has 0 fully saturated rings. The van der Waals surface area contributed by atoms with E-state index in [0.29, 0.717) is 11.3 Å². The Kier molecular flexibility index (Phi) is 4.69. The minimum atomic E-state index is -2.88. The highest BCUT2D eigenvalue weighted by molar-refractivity contribution is 6.09. The number of alkyl halides is 2. The molecule has 2 aromatic heterocycles. The monoisotopic (exact) mass is 412 g/mol. The summed E-state index contributed by atoms with van der Waals surface area (Å²) in [4.78, 5) is 30.3. The summed E-state index contributed by atoms with van der Waals surface area (Å²) in [5.74, 6) is -1.60. The van der Waals surface area contributed by atoms with Gasteiger partial charge in [-0.05, 0) is 35.9 Å². The summed E-state index contributed by atoms with van der Waals surface area (Å²) in [6.07, 6.45) is 2.68. The Hall–Kier alpha value is -3.82. The number of carbonyl (C=O) groups excluding carboxylic acids is 1. The van der Waals surface area contributed by atoms with Crippen LogP contribution in [0.1, 0.15) is 23.2 Å². The number of aromatic nitrogens is 3. The largest absolute Gasteiger partial charge is 0.369 e. The van der Waals surface area contributed by atoms with Crippen LogP contribution in [0, 0.1) is 5.82 Å². The van der Waals surface area contributed by atoms with Gasteiger partial charge in [0.1, 0.15) is 11.5 Å². The average Bonchev–Trinajstić information content (AvgIpc) is 2.99. The molecule has 4 rings (SSSR count). The van der Waals surface area contributed by atoms with E-state index >= 15 is 4.39 Å². The van der Waals surface area contributed by atoms with Gasteiger partial charge in [-0.25, -0.2) is 18.2 Å². The SMILES string of the molecule is CN1C(=O)C(c2ccnc(C(F)F)c2)(c2cc(-c3cnccn3)ccc2F)N=C1N. The zero-order valence-electron chi connectivity index (χ0n) is 15.6. The molecule has 0 aliphatic carbocycles. The molecule has 1 aromatic carbocycles. The van der Waals surface area contributed by atoms with Crippen LogP contribution < -0.4 is 5.73 Å². The van der Waals surface area contributed by atoms with Crippen molar-refractivity contribution in [2.45, 2.75) is 12.0 Å². The second kappa shape index (κ2) is 7.21. The fourth-order valence-electron chi connectivity index (χ4n) is 3.36. The van der Waals surface area contributed by atoms with Crippen molar-refractivity contribution < 1.29 is 18.0 Å². The molecule has 10 heteroatoms. The zero-order chi connectivity index (χ0) is 21.5. The first-order valence-corrected chi connectivity index (χ1v) is 8.79. The summed E-state index contributed by atoms with van der Waals surface area (Å²) in [7, 11) is 1.38. The number of aliphatic imine (C=N–C) groups is 1. The van der Waals surface area contributed by atoms with E-state index in [4.69, 9.17) is 5.73 Å². The molecular formula is C20H15F3N6O. The highest BCUT2D eigenvalue weighted by Crippen LogP contribution is 2.42. The van der Waals surface area contributed by atoms with Gasteiger partial charge < -0.3 is 5.73 Å². The lowest BCUT2D eigenvalue weighted by Gasteiger charge is -2.27. The smallest absolute Gasteiger partial charge is 0.280 e. The fourth-order valence-corrected chi connectivity index (χ4v) is 3.36. The quantitative estimate of drug-likeness (QED) is 0.711.